The zero-order valence-corrected chi connectivity index (χ0v) is 6.86. The van der Waals surface area contributed by atoms with Crippen LogP contribution in [0, 0.1) is 0 Å². The normalized spacial score (nSPS) is 8.25. The van der Waals surface area contributed by atoms with Crippen molar-refractivity contribution in [2.45, 2.75) is 13.3 Å². The van der Waals surface area contributed by atoms with Gasteiger partial charge in [-0.2, -0.15) is 11.8 Å². The van der Waals surface area contributed by atoms with E-state index in [-0.39, 0.29) is 12.4 Å². The molecular weight excluding hydrogens is 142 g/mol. The first-order chi connectivity index (χ1) is 3.41. The lowest BCUT2D eigenvalue weighted by Gasteiger charge is -1.91. The maximum absolute atomic E-state index is 5.25. The molecule has 3 heteroatoms. The van der Waals surface area contributed by atoms with Gasteiger partial charge in [0.25, 0.3) is 0 Å². The van der Waals surface area contributed by atoms with E-state index in [1.54, 1.807) is 0 Å². The van der Waals surface area contributed by atoms with E-state index >= 15 is 0 Å². The molecule has 0 aromatic heterocycles. The van der Waals surface area contributed by atoms with Crippen LogP contribution in [0.15, 0.2) is 0 Å². The van der Waals surface area contributed by atoms with Crippen LogP contribution in [0.3, 0.4) is 0 Å². The minimum atomic E-state index is 0. The topological polar surface area (TPSA) is 26.0 Å². The standard InChI is InChI=1S/C5H13NS.ClH/c1-2-4-7-5-3-6;/h2-6H2,1H3;1H. The Morgan fingerprint density at radius 3 is 2.38 bits per heavy atom. The quantitative estimate of drug-likeness (QED) is 0.623. The van der Waals surface area contributed by atoms with Gasteiger partial charge in [0.1, 0.15) is 0 Å². The first-order valence-corrected chi connectivity index (χ1v) is 3.85. The van der Waals surface area contributed by atoms with Crippen LogP contribution in [0.5, 0.6) is 0 Å². The number of thioether (sulfide) groups is 1. The average molecular weight is 156 g/mol. The van der Waals surface area contributed by atoms with Gasteiger partial charge in [-0.1, -0.05) is 6.92 Å². The number of hydrogen-bond donors (Lipinski definition) is 1. The summed E-state index contributed by atoms with van der Waals surface area (Å²) in [5.41, 5.74) is 5.25. The molecule has 0 aliphatic rings. The van der Waals surface area contributed by atoms with E-state index in [1.807, 2.05) is 11.8 Å². The summed E-state index contributed by atoms with van der Waals surface area (Å²) in [5, 5.41) is 0. The van der Waals surface area contributed by atoms with Crippen molar-refractivity contribution in [2.24, 2.45) is 5.73 Å². The Morgan fingerprint density at radius 2 is 2.00 bits per heavy atom. The van der Waals surface area contributed by atoms with Gasteiger partial charge in [0, 0.05) is 12.3 Å². The molecule has 2 N–H and O–H groups in total. The molecule has 0 amide bonds. The molecule has 0 rings (SSSR count). The highest BCUT2D eigenvalue weighted by Crippen LogP contribution is 1.98. The molecule has 0 atom stereocenters. The largest absolute Gasteiger partial charge is 0.330 e. The van der Waals surface area contributed by atoms with E-state index in [0.717, 1.165) is 12.3 Å². The van der Waals surface area contributed by atoms with Gasteiger partial charge in [0.2, 0.25) is 0 Å². The van der Waals surface area contributed by atoms with Crippen molar-refractivity contribution in [2.75, 3.05) is 18.1 Å². The summed E-state index contributed by atoms with van der Waals surface area (Å²) in [6.07, 6.45) is 1.27. The molecule has 1 nitrogen and oxygen atoms in total. The summed E-state index contributed by atoms with van der Waals surface area (Å²) in [6, 6.07) is 0. The van der Waals surface area contributed by atoms with Crippen molar-refractivity contribution in [3.05, 3.63) is 0 Å². The molecule has 0 fully saturated rings. The van der Waals surface area contributed by atoms with Crippen molar-refractivity contribution in [1.82, 2.24) is 0 Å². The van der Waals surface area contributed by atoms with Crippen LogP contribution in [0.25, 0.3) is 0 Å². The maximum Gasteiger partial charge on any atom is 0.00558 e. The summed E-state index contributed by atoms with van der Waals surface area (Å²) >= 11 is 1.93. The second kappa shape index (κ2) is 10.6. The van der Waals surface area contributed by atoms with Crippen molar-refractivity contribution < 1.29 is 0 Å². The number of hydrogen-bond acceptors (Lipinski definition) is 2. The van der Waals surface area contributed by atoms with Gasteiger partial charge in [-0.25, -0.2) is 0 Å². The Labute approximate surface area is 61.8 Å². The molecule has 52 valence electrons. The Kier molecular flexibility index (Phi) is 15.0. The second-order valence-corrected chi connectivity index (χ2v) is 2.63. The summed E-state index contributed by atoms with van der Waals surface area (Å²) < 4.78 is 0. The van der Waals surface area contributed by atoms with Gasteiger partial charge in [-0.05, 0) is 12.2 Å². The van der Waals surface area contributed by atoms with E-state index in [9.17, 15) is 0 Å². The van der Waals surface area contributed by atoms with E-state index in [0.29, 0.717) is 0 Å². The molecule has 0 aliphatic carbocycles. The summed E-state index contributed by atoms with van der Waals surface area (Å²) in [5.74, 6) is 2.38. The third kappa shape index (κ3) is 9.78. The Morgan fingerprint density at radius 1 is 1.38 bits per heavy atom. The van der Waals surface area contributed by atoms with Crippen LogP contribution < -0.4 is 5.73 Å². The molecule has 0 aromatic carbocycles. The van der Waals surface area contributed by atoms with Crippen molar-refractivity contribution >= 4 is 24.2 Å². The molecule has 0 bridgehead atoms. The molecule has 0 unspecified atom stereocenters. The van der Waals surface area contributed by atoms with Crippen molar-refractivity contribution in [3.8, 4) is 0 Å². The molecule has 0 aromatic rings. The minimum Gasteiger partial charge on any atom is -0.330 e. The lowest BCUT2D eigenvalue weighted by Crippen LogP contribution is -2.01. The van der Waals surface area contributed by atoms with Crippen LogP contribution >= 0.6 is 24.2 Å². The second-order valence-electron chi connectivity index (χ2n) is 1.40. The maximum atomic E-state index is 5.25. The first kappa shape index (κ1) is 11.4. The first-order valence-electron chi connectivity index (χ1n) is 2.69. The highest BCUT2D eigenvalue weighted by atomic mass is 35.5. The Balaban J connectivity index is 0. The van der Waals surface area contributed by atoms with Crippen LogP contribution in [-0.2, 0) is 0 Å². The Hall–Kier alpha value is 0.600. The van der Waals surface area contributed by atoms with Gasteiger partial charge < -0.3 is 5.73 Å². The Bertz CT molecular complexity index is 31.6. The van der Waals surface area contributed by atoms with Gasteiger partial charge >= 0.3 is 0 Å². The molecule has 8 heavy (non-hydrogen) atoms. The SMILES string of the molecule is CCCSCCN.Cl. The van der Waals surface area contributed by atoms with Gasteiger partial charge in [0.05, 0.1) is 0 Å². The fraction of sp³-hybridized carbons (Fsp3) is 1.00. The van der Waals surface area contributed by atoms with Crippen LogP contribution in [0.2, 0.25) is 0 Å². The van der Waals surface area contributed by atoms with E-state index in [1.165, 1.54) is 12.2 Å². The lowest BCUT2D eigenvalue weighted by atomic mass is 10.6. The highest BCUT2D eigenvalue weighted by Gasteiger charge is 1.79. The average Bonchev–Trinajstić information content (AvgIpc) is 1.69. The number of rotatable bonds is 4. The van der Waals surface area contributed by atoms with Crippen molar-refractivity contribution in [3.63, 3.8) is 0 Å². The summed E-state index contributed by atoms with van der Waals surface area (Å²) in [7, 11) is 0. The molecule has 0 spiro atoms. The van der Waals surface area contributed by atoms with E-state index in [4.69, 9.17) is 5.73 Å². The molecule has 0 saturated carbocycles. The third-order valence-electron chi connectivity index (χ3n) is 0.611. The van der Waals surface area contributed by atoms with Crippen molar-refractivity contribution in [1.29, 1.82) is 0 Å². The molecule has 0 aliphatic heterocycles. The third-order valence-corrected chi connectivity index (χ3v) is 1.83. The van der Waals surface area contributed by atoms with Crippen LogP contribution in [0.4, 0.5) is 0 Å². The predicted molar refractivity (Wildman–Crippen MR) is 43.9 cm³/mol. The minimum absolute atomic E-state index is 0. The van der Waals surface area contributed by atoms with Gasteiger partial charge in [-0.3, -0.25) is 0 Å². The fourth-order valence-corrected chi connectivity index (χ4v) is 0.989. The zero-order valence-electron chi connectivity index (χ0n) is 5.22. The smallest absolute Gasteiger partial charge is 0.00558 e. The molecule has 0 radical (unpaired) electrons. The lowest BCUT2D eigenvalue weighted by molar-refractivity contribution is 1.09. The highest BCUT2D eigenvalue weighted by molar-refractivity contribution is 7.99. The zero-order chi connectivity index (χ0) is 5.54. The summed E-state index contributed by atoms with van der Waals surface area (Å²) in [4.78, 5) is 0. The van der Waals surface area contributed by atoms with Crippen LogP contribution in [-0.4, -0.2) is 18.1 Å². The van der Waals surface area contributed by atoms with E-state index < -0.39 is 0 Å². The molecule has 0 saturated heterocycles. The summed E-state index contributed by atoms with van der Waals surface area (Å²) in [6.45, 7) is 3.01. The molecule has 0 heterocycles. The number of halogens is 1. The fourth-order valence-electron chi connectivity index (χ4n) is 0.330. The van der Waals surface area contributed by atoms with Crippen LogP contribution in [0.1, 0.15) is 13.3 Å². The molecular formula is C5H14ClNS. The van der Waals surface area contributed by atoms with Gasteiger partial charge in [0.15, 0.2) is 0 Å². The van der Waals surface area contributed by atoms with E-state index in [2.05, 4.69) is 6.92 Å². The number of nitrogens with two attached hydrogens (primary N) is 1. The predicted octanol–water partition coefficient (Wildman–Crippen LogP) is 1.51. The monoisotopic (exact) mass is 155 g/mol. The van der Waals surface area contributed by atoms with Gasteiger partial charge in [-0.15, -0.1) is 12.4 Å².